The standard InChI is InChI=1S/C11H14O2S2/c1-4-11(14-3)15(12,13)10-7-5-9(2)6-8-10/h4-8,11H,1H2,2-3H3. The van der Waals surface area contributed by atoms with Crippen molar-refractivity contribution in [3.8, 4) is 0 Å². The van der Waals surface area contributed by atoms with Crippen LogP contribution in [0.3, 0.4) is 0 Å². The Hall–Kier alpha value is -0.740. The van der Waals surface area contributed by atoms with Gasteiger partial charge in [-0.1, -0.05) is 23.8 Å². The SMILES string of the molecule is C=CC(SC)S(=O)(=O)c1ccc(C)cc1. The van der Waals surface area contributed by atoms with Crippen molar-refractivity contribution < 1.29 is 8.42 Å². The number of aryl methyl sites for hydroxylation is 1. The molecular weight excluding hydrogens is 228 g/mol. The molecular formula is C11H14O2S2. The third kappa shape index (κ3) is 2.63. The van der Waals surface area contributed by atoms with Crippen LogP contribution in [0.2, 0.25) is 0 Å². The minimum Gasteiger partial charge on any atom is -0.222 e. The van der Waals surface area contributed by atoms with Crippen LogP contribution in [0.4, 0.5) is 0 Å². The molecule has 0 aromatic heterocycles. The van der Waals surface area contributed by atoms with Crippen LogP contribution in [-0.2, 0) is 9.84 Å². The van der Waals surface area contributed by atoms with Gasteiger partial charge < -0.3 is 0 Å². The summed E-state index contributed by atoms with van der Waals surface area (Å²) >= 11 is 1.27. The molecule has 0 saturated carbocycles. The molecule has 1 rings (SSSR count). The van der Waals surface area contributed by atoms with Crippen LogP contribution in [0.25, 0.3) is 0 Å². The van der Waals surface area contributed by atoms with E-state index >= 15 is 0 Å². The summed E-state index contributed by atoms with van der Waals surface area (Å²) in [4.78, 5) is 0.354. The van der Waals surface area contributed by atoms with E-state index in [0.717, 1.165) is 5.56 Å². The molecule has 0 amide bonds. The normalized spacial score (nSPS) is 13.5. The first-order chi connectivity index (χ1) is 7.02. The van der Waals surface area contributed by atoms with E-state index in [4.69, 9.17) is 0 Å². The molecule has 15 heavy (non-hydrogen) atoms. The summed E-state index contributed by atoms with van der Waals surface area (Å²) in [6, 6.07) is 6.87. The molecule has 0 N–H and O–H groups in total. The zero-order chi connectivity index (χ0) is 11.5. The van der Waals surface area contributed by atoms with Gasteiger partial charge in [-0.05, 0) is 25.3 Å². The van der Waals surface area contributed by atoms with E-state index in [2.05, 4.69) is 6.58 Å². The Bertz CT molecular complexity index is 432. The largest absolute Gasteiger partial charge is 0.222 e. The molecule has 1 aromatic carbocycles. The van der Waals surface area contributed by atoms with E-state index < -0.39 is 14.4 Å². The van der Waals surface area contributed by atoms with Crippen LogP contribution in [0.1, 0.15) is 5.56 Å². The average molecular weight is 242 g/mol. The molecule has 82 valence electrons. The van der Waals surface area contributed by atoms with Crippen LogP contribution in [0, 0.1) is 6.92 Å². The van der Waals surface area contributed by atoms with Crippen molar-refractivity contribution >= 4 is 21.6 Å². The van der Waals surface area contributed by atoms with Gasteiger partial charge in [0.05, 0.1) is 4.90 Å². The zero-order valence-electron chi connectivity index (χ0n) is 8.80. The van der Waals surface area contributed by atoms with Gasteiger partial charge in [-0.2, -0.15) is 0 Å². The van der Waals surface area contributed by atoms with Crippen LogP contribution < -0.4 is 0 Å². The smallest absolute Gasteiger partial charge is 0.194 e. The molecule has 0 heterocycles. The van der Waals surface area contributed by atoms with Gasteiger partial charge in [-0.15, -0.1) is 18.3 Å². The fourth-order valence-corrected chi connectivity index (χ4v) is 3.79. The van der Waals surface area contributed by atoms with Crippen molar-refractivity contribution in [2.45, 2.75) is 16.4 Å². The van der Waals surface area contributed by atoms with Crippen molar-refractivity contribution in [2.24, 2.45) is 0 Å². The van der Waals surface area contributed by atoms with E-state index in [0.29, 0.717) is 4.90 Å². The monoisotopic (exact) mass is 242 g/mol. The highest BCUT2D eigenvalue weighted by Gasteiger charge is 2.23. The van der Waals surface area contributed by atoms with Gasteiger partial charge in [0.1, 0.15) is 4.58 Å². The quantitative estimate of drug-likeness (QED) is 0.761. The maximum absolute atomic E-state index is 12.0. The van der Waals surface area contributed by atoms with Gasteiger partial charge in [0.15, 0.2) is 9.84 Å². The molecule has 1 unspecified atom stereocenters. The predicted molar refractivity (Wildman–Crippen MR) is 65.9 cm³/mol. The summed E-state index contributed by atoms with van der Waals surface area (Å²) in [6.45, 7) is 5.47. The van der Waals surface area contributed by atoms with E-state index in [1.54, 1.807) is 30.5 Å². The van der Waals surface area contributed by atoms with Gasteiger partial charge >= 0.3 is 0 Å². The Morgan fingerprint density at radius 2 is 1.87 bits per heavy atom. The van der Waals surface area contributed by atoms with Crippen molar-refractivity contribution in [2.75, 3.05) is 6.26 Å². The summed E-state index contributed by atoms with van der Waals surface area (Å²) < 4.78 is 23.5. The number of benzene rings is 1. The molecule has 0 aliphatic heterocycles. The van der Waals surface area contributed by atoms with Gasteiger partial charge in [-0.3, -0.25) is 0 Å². The molecule has 0 aliphatic rings. The lowest BCUT2D eigenvalue weighted by Crippen LogP contribution is -2.14. The maximum atomic E-state index is 12.0. The predicted octanol–water partition coefficient (Wildman–Crippen LogP) is 2.64. The molecule has 1 atom stereocenters. The minimum absolute atomic E-state index is 0.354. The van der Waals surface area contributed by atoms with Crippen LogP contribution in [0.15, 0.2) is 41.8 Å². The average Bonchev–Trinajstić information content (AvgIpc) is 2.19. The zero-order valence-corrected chi connectivity index (χ0v) is 10.4. The van der Waals surface area contributed by atoms with Crippen LogP contribution >= 0.6 is 11.8 Å². The summed E-state index contributed by atoms with van der Waals surface area (Å²) in [5, 5.41) is 0. The molecule has 0 aliphatic carbocycles. The molecule has 0 saturated heterocycles. The number of rotatable bonds is 4. The van der Waals surface area contributed by atoms with Crippen molar-refractivity contribution in [3.05, 3.63) is 42.5 Å². The fraction of sp³-hybridized carbons (Fsp3) is 0.273. The fourth-order valence-electron chi connectivity index (χ4n) is 1.21. The lowest BCUT2D eigenvalue weighted by Gasteiger charge is -2.11. The number of thioether (sulfide) groups is 1. The molecule has 1 aromatic rings. The summed E-state index contributed by atoms with van der Waals surface area (Å²) in [5.41, 5.74) is 1.05. The third-order valence-electron chi connectivity index (χ3n) is 2.08. The highest BCUT2D eigenvalue weighted by atomic mass is 32.3. The second-order valence-corrected chi connectivity index (χ2v) is 6.54. The van der Waals surface area contributed by atoms with E-state index in [9.17, 15) is 8.42 Å². The molecule has 0 fully saturated rings. The number of hydrogen-bond acceptors (Lipinski definition) is 3. The first-order valence-corrected chi connectivity index (χ1v) is 7.31. The maximum Gasteiger partial charge on any atom is 0.194 e. The molecule has 0 radical (unpaired) electrons. The first kappa shape index (κ1) is 12.3. The lowest BCUT2D eigenvalue weighted by molar-refractivity contribution is 0.597. The molecule has 4 heteroatoms. The number of hydrogen-bond donors (Lipinski definition) is 0. The second-order valence-electron chi connectivity index (χ2n) is 3.20. The highest BCUT2D eigenvalue weighted by molar-refractivity contribution is 8.13. The Morgan fingerprint density at radius 3 is 2.27 bits per heavy atom. The Morgan fingerprint density at radius 1 is 1.33 bits per heavy atom. The van der Waals surface area contributed by atoms with Crippen molar-refractivity contribution in [3.63, 3.8) is 0 Å². The Balaban J connectivity index is 3.16. The van der Waals surface area contributed by atoms with E-state index in [1.807, 2.05) is 6.92 Å². The lowest BCUT2D eigenvalue weighted by atomic mass is 10.2. The van der Waals surface area contributed by atoms with E-state index in [-0.39, 0.29) is 0 Å². The minimum atomic E-state index is -3.27. The van der Waals surface area contributed by atoms with Crippen LogP contribution in [-0.4, -0.2) is 19.3 Å². The van der Waals surface area contributed by atoms with Gasteiger partial charge in [0.2, 0.25) is 0 Å². The van der Waals surface area contributed by atoms with Crippen molar-refractivity contribution in [1.29, 1.82) is 0 Å². The first-order valence-electron chi connectivity index (χ1n) is 4.48. The second kappa shape index (κ2) is 4.86. The van der Waals surface area contributed by atoms with Crippen LogP contribution in [0.5, 0.6) is 0 Å². The summed E-state index contributed by atoms with van der Waals surface area (Å²) in [7, 11) is -3.27. The van der Waals surface area contributed by atoms with Gasteiger partial charge in [0, 0.05) is 0 Å². The topological polar surface area (TPSA) is 34.1 Å². The highest BCUT2D eigenvalue weighted by Crippen LogP contribution is 2.23. The number of sulfone groups is 1. The summed E-state index contributed by atoms with van der Waals surface area (Å²) in [6.07, 6.45) is 3.22. The van der Waals surface area contributed by atoms with Gasteiger partial charge in [0.25, 0.3) is 0 Å². The molecule has 0 bridgehead atoms. The third-order valence-corrected chi connectivity index (χ3v) is 5.81. The molecule has 0 spiro atoms. The Labute approximate surface area is 95.3 Å². The van der Waals surface area contributed by atoms with Crippen molar-refractivity contribution in [1.82, 2.24) is 0 Å². The van der Waals surface area contributed by atoms with Gasteiger partial charge in [-0.25, -0.2) is 8.42 Å². The summed E-state index contributed by atoms with van der Waals surface area (Å²) in [5.74, 6) is 0. The molecule has 2 nitrogen and oxygen atoms in total. The Kier molecular flexibility index (Phi) is 3.99. The van der Waals surface area contributed by atoms with E-state index in [1.165, 1.54) is 17.8 Å².